The molecule has 1 aromatic heterocycles. The van der Waals surface area contributed by atoms with Crippen LogP contribution in [0.3, 0.4) is 0 Å². The third kappa shape index (κ3) is 4.87. The molecule has 3 N–H and O–H groups in total. The number of nitrogens with two attached hydrogens (primary N) is 1. The molecule has 1 heterocycles. The number of rotatable bonds is 7. The van der Waals surface area contributed by atoms with Crippen molar-refractivity contribution in [1.82, 2.24) is 15.0 Å². The molecule has 0 unspecified atom stereocenters. The van der Waals surface area contributed by atoms with Crippen LogP contribution in [-0.4, -0.2) is 21.0 Å². The monoisotopic (exact) mass is 407 g/mol. The van der Waals surface area contributed by atoms with E-state index in [-0.39, 0.29) is 17.8 Å². The minimum atomic E-state index is -1.27. The highest BCUT2D eigenvalue weighted by Crippen LogP contribution is 2.33. The number of nitrogen functional groups attached to an aromatic ring is 1. The van der Waals surface area contributed by atoms with E-state index in [1.54, 1.807) is 0 Å². The largest absolute Gasteiger partial charge is 0.368 e. The first-order chi connectivity index (χ1) is 12.0. The van der Waals surface area contributed by atoms with Crippen LogP contribution < -0.4 is 11.1 Å². The standard InChI is InChI=1S/C18H23BrFN5/c1-11(20)16-23-17(21)25-18(24-16)22-15(13-3-2-4-13)10-7-12-5-8-14(19)9-6-12/h5-6,8-9,11,13,15H,2-4,7,10H2,1H3,(H3,21,22,23,24,25)/t11-,15+/m1/s1. The van der Waals surface area contributed by atoms with Gasteiger partial charge < -0.3 is 11.1 Å². The van der Waals surface area contributed by atoms with Crippen LogP contribution in [0.15, 0.2) is 28.7 Å². The maximum atomic E-state index is 13.5. The molecule has 0 spiro atoms. The van der Waals surface area contributed by atoms with Crippen LogP contribution in [0, 0.1) is 5.92 Å². The van der Waals surface area contributed by atoms with Gasteiger partial charge in [0.05, 0.1) is 0 Å². The second-order valence-electron chi connectivity index (χ2n) is 6.60. The molecule has 3 rings (SSSR count). The fourth-order valence-electron chi connectivity index (χ4n) is 3.06. The Morgan fingerprint density at radius 2 is 1.96 bits per heavy atom. The van der Waals surface area contributed by atoms with Crippen molar-refractivity contribution in [3.63, 3.8) is 0 Å². The van der Waals surface area contributed by atoms with Gasteiger partial charge in [-0.25, -0.2) is 4.39 Å². The number of nitrogens with one attached hydrogen (secondary N) is 1. The summed E-state index contributed by atoms with van der Waals surface area (Å²) in [6.45, 7) is 1.40. The highest BCUT2D eigenvalue weighted by molar-refractivity contribution is 9.10. The molecule has 5 nitrogen and oxygen atoms in total. The van der Waals surface area contributed by atoms with Gasteiger partial charge in [0, 0.05) is 10.5 Å². The van der Waals surface area contributed by atoms with Gasteiger partial charge >= 0.3 is 0 Å². The third-order valence-corrected chi connectivity index (χ3v) is 5.25. The van der Waals surface area contributed by atoms with Gasteiger partial charge in [-0.15, -0.1) is 0 Å². The van der Waals surface area contributed by atoms with Crippen LogP contribution in [0.2, 0.25) is 0 Å². The number of halogens is 2. The summed E-state index contributed by atoms with van der Waals surface area (Å²) in [6.07, 6.45) is 4.33. The lowest BCUT2D eigenvalue weighted by Gasteiger charge is -2.34. The molecule has 0 saturated heterocycles. The zero-order chi connectivity index (χ0) is 17.8. The molecule has 1 saturated carbocycles. The van der Waals surface area contributed by atoms with Gasteiger partial charge in [0.15, 0.2) is 12.0 Å². The summed E-state index contributed by atoms with van der Waals surface area (Å²) >= 11 is 3.46. The summed E-state index contributed by atoms with van der Waals surface area (Å²) in [5, 5.41) is 3.38. The van der Waals surface area contributed by atoms with E-state index < -0.39 is 6.17 Å². The average molecular weight is 408 g/mol. The molecule has 7 heteroatoms. The lowest BCUT2D eigenvalue weighted by molar-refractivity contribution is 0.265. The molecule has 2 atom stereocenters. The lowest BCUT2D eigenvalue weighted by Crippen LogP contribution is -2.35. The summed E-state index contributed by atoms with van der Waals surface area (Å²) in [5.74, 6) is 1.10. The number of hydrogen-bond acceptors (Lipinski definition) is 5. The molecule has 0 bridgehead atoms. The topological polar surface area (TPSA) is 76.7 Å². The average Bonchev–Trinajstić information content (AvgIpc) is 2.52. The fourth-order valence-corrected chi connectivity index (χ4v) is 3.32. The summed E-state index contributed by atoms with van der Waals surface area (Å²) < 4.78 is 14.6. The number of aryl methyl sites for hydroxylation is 1. The summed E-state index contributed by atoms with van der Waals surface area (Å²) in [7, 11) is 0. The van der Waals surface area contributed by atoms with Crippen LogP contribution in [0.1, 0.15) is 50.2 Å². The van der Waals surface area contributed by atoms with Crippen molar-refractivity contribution in [1.29, 1.82) is 0 Å². The summed E-state index contributed by atoms with van der Waals surface area (Å²) in [6, 6.07) is 8.63. The van der Waals surface area contributed by atoms with E-state index in [4.69, 9.17) is 5.73 Å². The predicted octanol–water partition coefficient (Wildman–Crippen LogP) is 4.46. The van der Waals surface area contributed by atoms with Crippen molar-refractivity contribution in [3.8, 4) is 0 Å². The molecule has 0 amide bonds. The first-order valence-electron chi connectivity index (χ1n) is 8.68. The van der Waals surface area contributed by atoms with Crippen LogP contribution in [0.5, 0.6) is 0 Å². The van der Waals surface area contributed by atoms with Gasteiger partial charge in [-0.05, 0) is 56.2 Å². The number of aromatic nitrogens is 3. The molecule has 2 aromatic rings. The third-order valence-electron chi connectivity index (χ3n) is 4.72. The van der Waals surface area contributed by atoms with Crippen molar-refractivity contribution >= 4 is 27.8 Å². The maximum absolute atomic E-state index is 13.5. The van der Waals surface area contributed by atoms with Gasteiger partial charge in [0.25, 0.3) is 0 Å². The maximum Gasteiger partial charge on any atom is 0.228 e. The Hall–Kier alpha value is -1.76. The van der Waals surface area contributed by atoms with E-state index in [9.17, 15) is 4.39 Å². The summed E-state index contributed by atoms with van der Waals surface area (Å²) in [4.78, 5) is 12.2. The Bertz CT molecular complexity index is 703. The zero-order valence-corrected chi connectivity index (χ0v) is 15.8. The van der Waals surface area contributed by atoms with Gasteiger partial charge in [0.2, 0.25) is 11.9 Å². The Morgan fingerprint density at radius 3 is 2.56 bits per heavy atom. The second-order valence-corrected chi connectivity index (χ2v) is 7.51. The number of alkyl halides is 1. The highest BCUT2D eigenvalue weighted by atomic mass is 79.9. The normalized spacial score (nSPS) is 16.9. The fraction of sp³-hybridized carbons (Fsp3) is 0.500. The van der Waals surface area contributed by atoms with E-state index in [0.717, 1.165) is 17.3 Å². The van der Waals surface area contributed by atoms with Crippen LogP contribution in [-0.2, 0) is 6.42 Å². The van der Waals surface area contributed by atoms with E-state index in [2.05, 4.69) is 60.5 Å². The second kappa shape index (κ2) is 8.08. The molecule has 1 aromatic carbocycles. The SMILES string of the molecule is C[C@@H](F)c1nc(N)nc(N[C@@H](CCc2ccc(Br)cc2)C2CCC2)n1. The number of nitrogens with zero attached hydrogens (tertiary/aromatic N) is 3. The minimum Gasteiger partial charge on any atom is -0.368 e. The van der Waals surface area contributed by atoms with E-state index >= 15 is 0 Å². The molecule has 0 radical (unpaired) electrons. The first kappa shape index (κ1) is 18.0. The van der Waals surface area contributed by atoms with Gasteiger partial charge in [-0.1, -0.05) is 34.5 Å². The predicted molar refractivity (Wildman–Crippen MR) is 101 cm³/mol. The van der Waals surface area contributed by atoms with Crippen molar-refractivity contribution in [3.05, 3.63) is 40.1 Å². The first-order valence-corrected chi connectivity index (χ1v) is 9.47. The summed E-state index contributed by atoms with van der Waals surface area (Å²) in [5.41, 5.74) is 7.00. The Labute approximate surface area is 155 Å². The highest BCUT2D eigenvalue weighted by Gasteiger charge is 2.28. The van der Waals surface area contributed by atoms with Crippen molar-refractivity contribution in [2.45, 2.75) is 51.2 Å². The lowest BCUT2D eigenvalue weighted by atomic mass is 9.78. The van der Waals surface area contributed by atoms with Gasteiger partial charge in [0.1, 0.15) is 0 Å². The number of benzene rings is 1. The van der Waals surface area contributed by atoms with E-state index in [1.165, 1.54) is 31.7 Å². The van der Waals surface area contributed by atoms with Crippen molar-refractivity contribution in [2.24, 2.45) is 5.92 Å². The molecule has 1 fully saturated rings. The van der Waals surface area contributed by atoms with Crippen molar-refractivity contribution in [2.75, 3.05) is 11.1 Å². The van der Waals surface area contributed by atoms with Gasteiger partial charge in [-0.2, -0.15) is 15.0 Å². The minimum absolute atomic E-state index is 0.0530. The molecule has 1 aliphatic carbocycles. The Balaban J connectivity index is 1.69. The van der Waals surface area contributed by atoms with E-state index in [1.807, 2.05) is 0 Å². The van der Waals surface area contributed by atoms with Crippen molar-refractivity contribution < 1.29 is 4.39 Å². The Kier molecular flexibility index (Phi) is 5.83. The zero-order valence-electron chi connectivity index (χ0n) is 14.3. The van der Waals surface area contributed by atoms with Crippen LogP contribution in [0.4, 0.5) is 16.3 Å². The van der Waals surface area contributed by atoms with Crippen LogP contribution in [0.25, 0.3) is 0 Å². The smallest absolute Gasteiger partial charge is 0.228 e. The number of anilines is 2. The van der Waals surface area contributed by atoms with Gasteiger partial charge in [-0.3, -0.25) is 0 Å². The van der Waals surface area contributed by atoms with Crippen LogP contribution >= 0.6 is 15.9 Å². The molecular weight excluding hydrogens is 385 g/mol. The Morgan fingerprint density at radius 1 is 1.24 bits per heavy atom. The molecule has 1 aliphatic rings. The number of hydrogen-bond donors (Lipinski definition) is 2. The molecule has 0 aliphatic heterocycles. The molecular formula is C18H23BrFN5. The molecule has 25 heavy (non-hydrogen) atoms. The quantitative estimate of drug-likeness (QED) is 0.708. The molecule has 134 valence electrons. The van der Waals surface area contributed by atoms with E-state index in [0.29, 0.717) is 11.9 Å².